The highest BCUT2D eigenvalue weighted by Gasteiger charge is 2.25. The Morgan fingerprint density at radius 3 is 2.65 bits per heavy atom. The van der Waals surface area contributed by atoms with Crippen molar-refractivity contribution in [3.8, 4) is 5.75 Å². The molecule has 1 heterocycles. The zero-order chi connectivity index (χ0) is 15.9. The number of halogens is 3. The number of amides is 1. The van der Waals surface area contributed by atoms with Gasteiger partial charge in [0.25, 0.3) is 5.91 Å². The molecule has 0 atom stereocenters. The molecule has 7 heteroatoms. The van der Waals surface area contributed by atoms with Gasteiger partial charge in [-0.2, -0.15) is 0 Å². The van der Waals surface area contributed by atoms with Gasteiger partial charge in [0.2, 0.25) is 0 Å². The Bertz CT molecular complexity index is 511. The maximum Gasteiger partial charge on any atom is 0.260 e. The Morgan fingerprint density at radius 1 is 1.35 bits per heavy atom. The molecule has 2 rings (SSSR count). The van der Waals surface area contributed by atoms with Crippen molar-refractivity contribution >= 4 is 18.3 Å². The molecular formula is C16H23ClF2N2O2. The predicted octanol–water partition coefficient (Wildman–Crippen LogP) is 2.76. The summed E-state index contributed by atoms with van der Waals surface area (Å²) in [6.07, 6.45) is 2.69. The molecule has 1 aliphatic heterocycles. The third-order valence-corrected chi connectivity index (χ3v) is 3.78. The molecule has 0 spiro atoms. The Labute approximate surface area is 141 Å². The summed E-state index contributed by atoms with van der Waals surface area (Å²) in [7, 11) is 0. The summed E-state index contributed by atoms with van der Waals surface area (Å²) < 4.78 is 31.6. The van der Waals surface area contributed by atoms with Gasteiger partial charge in [0.15, 0.2) is 18.2 Å². The molecule has 0 radical (unpaired) electrons. The highest BCUT2D eigenvalue weighted by Crippen LogP contribution is 2.18. The lowest BCUT2D eigenvalue weighted by Crippen LogP contribution is -2.48. The monoisotopic (exact) mass is 348 g/mol. The van der Waals surface area contributed by atoms with E-state index in [2.05, 4.69) is 5.32 Å². The van der Waals surface area contributed by atoms with Crippen LogP contribution in [-0.4, -0.2) is 43.1 Å². The van der Waals surface area contributed by atoms with Crippen molar-refractivity contribution in [3.05, 3.63) is 29.8 Å². The molecule has 1 aromatic rings. The number of benzene rings is 1. The van der Waals surface area contributed by atoms with E-state index >= 15 is 0 Å². The summed E-state index contributed by atoms with van der Waals surface area (Å²) in [5, 5.41) is 3.27. The standard InChI is InChI=1S/C16H22F2N2O2.ClH/c1-2-9-20(13-5-7-19-8-6-13)16(21)11-22-15-4-3-12(17)10-14(15)18;/h3-4,10,13,19H,2,5-9,11H2,1H3;1H. The fourth-order valence-electron chi connectivity index (χ4n) is 2.68. The average Bonchev–Trinajstić information content (AvgIpc) is 2.52. The van der Waals surface area contributed by atoms with E-state index in [1.165, 1.54) is 6.07 Å². The maximum absolute atomic E-state index is 13.5. The molecule has 0 saturated carbocycles. The van der Waals surface area contributed by atoms with Crippen LogP contribution in [0, 0.1) is 11.6 Å². The van der Waals surface area contributed by atoms with Gasteiger partial charge in [-0.1, -0.05) is 6.92 Å². The molecule has 1 saturated heterocycles. The molecule has 1 aliphatic rings. The third kappa shape index (κ3) is 5.62. The number of piperidine rings is 1. The zero-order valence-electron chi connectivity index (χ0n) is 13.2. The predicted molar refractivity (Wildman–Crippen MR) is 87.0 cm³/mol. The van der Waals surface area contributed by atoms with E-state index in [4.69, 9.17) is 4.74 Å². The average molecular weight is 349 g/mol. The topological polar surface area (TPSA) is 41.6 Å². The number of rotatable bonds is 6. The number of carbonyl (C=O) groups is 1. The summed E-state index contributed by atoms with van der Waals surface area (Å²) in [6.45, 7) is 4.24. The van der Waals surface area contributed by atoms with Crippen LogP contribution in [0.4, 0.5) is 8.78 Å². The fraction of sp³-hybridized carbons (Fsp3) is 0.562. The second kappa shape index (κ2) is 9.67. The van der Waals surface area contributed by atoms with Gasteiger partial charge in [0.1, 0.15) is 5.82 Å². The van der Waals surface area contributed by atoms with Crippen LogP contribution in [-0.2, 0) is 4.79 Å². The van der Waals surface area contributed by atoms with Crippen molar-refractivity contribution in [1.29, 1.82) is 0 Å². The highest BCUT2D eigenvalue weighted by molar-refractivity contribution is 5.85. The first-order chi connectivity index (χ1) is 10.6. The molecule has 1 aromatic carbocycles. The molecule has 0 bridgehead atoms. The normalized spacial score (nSPS) is 14.9. The van der Waals surface area contributed by atoms with Crippen LogP contribution in [0.15, 0.2) is 18.2 Å². The van der Waals surface area contributed by atoms with Crippen molar-refractivity contribution in [2.75, 3.05) is 26.2 Å². The van der Waals surface area contributed by atoms with E-state index in [9.17, 15) is 13.6 Å². The quantitative estimate of drug-likeness (QED) is 0.859. The maximum atomic E-state index is 13.5. The SMILES string of the molecule is CCCN(C(=O)COc1ccc(F)cc1F)C1CCNCC1.Cl. The molecule has 1 fully saturated rings. The van der Waals surface area contributed by atoms with Gasteiger partial charge in [-0.15, -0.1) is 12.4 Å². The first-order valence-electron chi connectivity index (χ1n) is 7.70. The molecule has 0 aliphatic carbocycles. The van der Waals surface area contributed by atoms with Crippen LogP contribution in [0.5, 0.6) is 5.75 Å². The summed E-state index contributed by atoms with van der Waals surface area (Å²) in [6, 6.07) is 3.26. The summed E-state index contributed by atoms with van der Waals surface area (Å²) in [4.78, 5) is 14.2. The van der Waals surface area contributed by atoms with E-state index < -0.39 is 11.6 Å². The van der Waals surface area contributed by atoms with Crippen LogP contribution in [0.2, 0.25) is 0 Å². The molecular weight excluding hydrogens is 326 g/mol. The van der Waals surface area contributed by atoms with Crippen LogP contribution < -0.4 is 10.1 Å². The largest absolute Gasteiger partial charge is 0.481 e. The molecule has 0 unspecified atom stereocenters. The first-order valence-corrected chi connectivity index (χ1v) is 7.70. The van der Waals surface area contributed by atoms with Crippen LogP contribution in [0.1, 0.15) is 26.2 Å². The van der Waals surface area contributed by atoms with Crippen molar-refractivity contribution in [2.45, 2.75) is 32.2 Å². The molecule has 4 nitrogen and oxygen atoms in total. The zero-order valence-corrected chi connectivity index (χ0v) is 14.0. The van der Waals surface area contributed by atoms with Crippen molar-refractivity contribution in [2.24, 2.45) is 0 Å². The number of nitrogens with one attached hydrogen (secondary N) is 1. The van der Waals surface area contributed by atoms with Gasteiger partial charge >= 0.3 is 0 Å². The minimum Gasteiger partial charge on any atom is -0.481 e. The van der Waals surface area contributed by atoms with E-state index in [-0.39, 0.29) is 36.7 Å². The van der Waals surface area contributed by atoms with Gasteiger partial charge < -0.3 is 15.0 Å². The highest BCUT2D eigenvalue weighted by atomic mass is 35.5. The molecule has 0 aromatic heterocycles. The molecule has 1 amide bonds. The second-order valence-electron chi connectivity index (χ2n) is 5.43. The second-order valence-corrected chi connectivity index (χ2v) is 5.43. The lowest BCUT2D eigenvalue weighted by molar-refractivity contribution is -0.136. The lowest BCUT2D eigenvalue weighted by atomic mass is 10.0. The number of ether oxygens (including phenoxy) is 1. The summed E-state index contributed by atoms with van der Waals surface area (Å²) in [5.41, 5.74) is 0. The van der Waals surface area contributed by atoms with Crippen molar-refractivity contribution in [1.82, 2.24) is 10.2 Å². The Kier molecular flexibility index (Phi) is 8.26. The number of nitrogens with zero attached hydrogens (tertiary/aromatic N) is 1. The van der Waals surface area contributed by atoms with Crippen molar-refractivity contribution in [3.63, 3.8) is 0 Å². The molecule has 130 valence electrons. The lowest BCUT2D eigenvalue weighted by Gasteiger charge is -2.34. The van der Waals surface area contributed by atoms with E-state index in [1.807, 2.05) is 11.8 Å². The Balaban J connectivity index is 0.00000264. The van der Waals surface area contributed by atoms with E-state index in [0.29, 0.717) is 6.54 Å². The van der Waals surface area contributed by atoms with Gasteiger partial charge in [-0.25, -0.2) is 8.78 Å². The van der Waals surface area contributed by atoms with E-state index in [1.54, 1.807) is 0 Å². The minimum atomic E-state index is -0.795. The number of hydrogen-bond acceptors (Lipinski definition) is 3. The third-order valence-electron chi connectivity index (χ3n) is 3.78. The first kappa shape index (κ1) is 19.6. The summed E-state index contributed by atoms with van der Waals surface area (Å²) in [5.74, 6) is -1.72. The summed E-state index contributed by atoms with van der Waals surface area (Å²) >= 11 is 0. The Morgan fingerprint density at radius 2 is 2.04 bits per heavy atom. The minimum absolute atomic E-state index is 0. The van der Waals surface area contributed by atoms with Crippen molar-refractivity contribution < 1.29 is 18.3 Å². The van der Waals surface area contributed by atoms with Crippen LogP contribution >= 0.6 is 12.4 Å². The van der Waals surface area contributed by atoms with Gasteiger partial charge in [0, 0.05) is 18.7 Å². The molecule has 1 N–H and O–H groups in total. The van der Waals surface area contributed by atoms with Gasteiger partial charge in [0.05, 0.1) is 0 Å². The van der Waals surface area contributed by atoms with E-state index in [0.717, 1.165) is 44.5 Å². The Hall–Kier alpha value is -1.40. The number of hydrogen-bond donors (Lipinski definition) is 1. The smallest absolute Gasteiger partial charge is 0.260 e. The molecule has 23 heavy (non-hydrogen) atoms. The van der Waals surface area contributed by atoms with Gasteiger partial charge in [-0.3, -0.25) is 4.79 Å². The van der Waals surface area contributed by atoms with Crippen LogP contribution in [0.25, 0.3) is 0 Å². The van der Waals surface area contributed by atoms with Gasteiger partial charge in [-0.05, 0) is 44.5 Å². The van der Waals surface area contributed by atoms with Crippen LogP contribution in [0.3, 0.4) is 0 Å². The fourth-order valence-corrected chi connectivity index (χ4v) is 2.68. The number of carbonyl (C=O) groups excluding carboxylic acids is 1.